The van der Waals surface area contributed by atoms with E-state index < -0.39 is 27.5 Å². The summed E-state index contributed by atoms with van der Waals surface area (Å²) in [6.45, 7) is 0. The highest BCUT2D eigenvalue weighted by Gasteiger charge is 2.32. The molecule has 164 valence electrons. The standard InChI is InChI=1S/C21H14F3N3O3S2/c22-21(23,24)13-1-3-16(17(10-13)20(25)28)19-15-4-2-14(9-12(15)5-6-27-19)32(29,30)11-18-26-7-8-31-18/h1-10H,11H2,(H2,25,28). The fourth-order valence-electron chi connectivity index (χ4n) is 3.27. The average Bonchev–Trinajstić information content (AvgIpc) is 3.24. The zero-order chi connectivity index (χ0) is 23.1. The molecule has 2 aromatic carbocycles. The van der Waals surface area contributed by atoms with Gasteiger partial charge in [-0.15, -0.1) is 11.3 Å². The molecule has 0 aliphatic rings. The summed E-state index contributed by atoms with van der Waals surface area (Å²) >= 11 is 1.23. The third kappa shape index (κ3) is 4.21. The number of sulfone groups is 1. The predicted molar refractivity (Wildman–Crippen MR) is 114 cm³/mol. The lowest BCUT2D eigenvalue weighted by atomic mass is 9.97. The zero-order valence-corrected chi connectivity index (χ0v) is 17.8. The Morgan fingerprint density at radius 1 is 1.03 bits per heavy atom. The number of benzene rings is 2. The Morgan fingerprint density at radius 2 is 1.81 bits per heavy atom. The second kappa shape index (κ2) is 7.99. The van der Waals surface area contributed by atoms with Crippen LogP contribution >= 0.6 is 11.3 Å². The second-order valence-electron chi connectivity index (χ2n) is 6.85. The van der Waals surface area contributed by atoms with Crippen LogP contribution in [0.4, 0.5) is 13.2 Å². The van der Waals surface area contributed by atoms with E-state index in [1.807, 2.05) is 0 Å². The second-order valence-corrected chi connectivity index (χ2v) is 9.82. The van der Waals surface area contributed by atoms with E-state index in [4.69, 9.17) is 5.73 Å². The summed E-state index contributed by atoms with van der Waals surface area (Å²) in [4.78, 5) is 20.2. The Bertz CT molecular complexity index is 1430. The summed E-state index contributed by atoms with van der Waals surface area (Å²) in [5.41, 5.74) is 4.33. The van der Waals surface area contributed by atoms with E-state index in [9.17, 15) is 26.4 Å². The van der Waals surface area contributed by atoms with Crippen LogP contribution in [0.1, 0.15) is 20.9 Å². The van der Waals surface area contributed by atoms with Gasteiger partial charge >= 0.3 is 6.18 Å². The van der Waals surface area contributed by atoms with E-state index in [1.165, 1.54) is 41.9 Å². The molecule has 11 heteroatoms. The lowest BCUT2D eigenvalue weighted by Gasteiger charge is -2.13. The minimum absolute atomic E-state index is 0.0693. The van der Waals surface area contributed by atoms with E-state index in [0.717, 1.165) is 12.1 Å². The first-order chi connectivity index (χ1) is 15.1. The number of carbonyl (C=O) groups excluding carboxylic acids is 1. The van der Waals surface area contributed by atoms with Crippen molar-refractivity contribution in [3.05, 3.63) is 76.4 Å². The number of hydrogen-bond acceptors (Lipinski definition) is 6. The fraction of sp³-hybridized carbons (Fsp3) is 0.0952. The van der Waals surface area contributed by atoms with Gasteiger partial charge in [-0.25, -0.2) is 13.4 Å². The molecule has 0 bridgehead atoms. The summed E-state index contributed by atoms with van der Waals surface area (Å²) in [5, 5.41) is 3.09. The van der Waals surface area contributed by atoms with Crippen molar-refractivity contribution in [3.63, 3.8) is 0 Å². The van der Waals surface area contributed by atoms with Crippen LogP contribution in [0.25, 0.3) is 22.0 Å². The Morgan fingerprint density at radius 3 is 2.47 bits per heavy atom. The van der Waals surface area contributed by atoms with E-state index in [-0.39, 0.29) is 27.5 Å². The van der Waals surface area contributed by atoms with Gasteiger partial charge in [0.15, 0.2) is 9.84 Å². The first kappa shape index (κ1) is 21.9. The van der Waals surface area contributed by atoms with Crippen LogP contribution in [0, 0.1) is 0 Å². The number of fused-ring (bicyclic) bond motifs is 1. The molecule has 0 atom stereocenters. The highest BCUT2D eigenvalue weighted by atomic mass is 32.2. The normalized spacial score (nSPS) is 12.2. The largest absolute Gasteiger partial charge is 0.416 e. The third-order valence-electron chi connectivity index (χ3n) is 4.76. The van der Waals surface area contributed by atoms with Crippen molar-refractivity contribution in [2.24, 2.45) is 5.73 Å². The van der Waals surface area contributed by atoms with Gasteiger partial charge in [-0.3, -0.25) is 9.78 Å². The highest BCUT2D eigenvalue weighted by Crippen LogP contribution is 2.35. The first-order valence-electron chi connectivity index (χ1n) is 9.07. The molecule has 4 rings (SSSR count). The molecular formula is C21H14F3N3O3S2. The van der Waals surface area contributed by atoms with Crippen LogP contribution in [0.15, 0.2) is 65.1 Å². The molecule has 0 aliphatic carbocycles. The molecule has 0 saturated heterocycles. The first-order valence-corrected chi connectivity index (χ1v) is 11.6. The van der Waals surface area contributed by atoms with Crippen molar-refractivity contribution in [2.75, 3.05) is 0 Å². The van der Waals surface area contributed by atoms with Gasteiger partial charge in [-0.1, -0.05) is 12.1 Å². The van der Waals surface area contributed by atoms with Gasteiger partial charge in [0.25, 0.3) is 0 Å². The number of carbonyl (C=O) groups is 1. The maximum absolute atomic E-state index is 13.1. The number of primary amides is 1. The monoisotopic (exact) mass is 477 g/mol. The Hall–Kier alpha value is -3.31. The van der Waals surface area contributed by atoms with Crippen LogP contribution in [-0.4, -0.2) is 24.3 Å². The fourth-order valence-corrected chi connectivity index (χ4v) is 5.55. The summed E-state index contributed by atoms with van der Waals surface area (Å²) in [6.07, 6.45) is -1.73. The number of thiazole rings is 1. The molecule has 0 unspecified atom stereocenters. The molecule has 0 radical (unpaired) electrons. The van der Waals surface area contributed by atoms with Crippen molar-refractivity contribution in [1.29, 1.82) is 0 Å². The molecule has 32 heavy (non-hydrogen) atoms. The van der Waals surface area contributed by atoms with E-state index in [2.05, 4.69) is 9.97 Å². The maximum atomic E-state index is 13.1. The molecule has 0 spiro atoms. The molecule has 2 heterocycles. The van der Waals surface area contributed by atoms with Crippen molar-refractivity contribution >= 4 is 37.9 Å². The quantitative estimate of drug-likeness (QED) is 0.458. The van der Waals surface area contributed by atoms with Gasteiger partial charge in [0.2, 0.25) is 5.91 Å². The lowest BCUT2D eigenvalue weighted by Crippen LogP contribution is -2.15. The summed E-state index contributed by atoms with van der Waals surface area (Å²) in [6, 6.07) is 8.60. The molecule has 0 aliphatic heterocycles. The number of nitrogens with two attached hydrogens (primary N) is 1. The number of nitrogens with zero attached hydrogens (tertiary/aromatic N) is 2. The van der Waals surface area contributed by atoms with E-state index in [0.29, 0.717) is 21.8 Å². The molecule has 0 fully saturated rings. The van der Waals surface area contributed by atoms with Gasteiger partial charge < -0.3 is 5.73 Å². The van der Waals surface area contributed by atoms with Gasteiger partial charge in [-0.05, 0) is 35.7 Å². The number of amides is 1. The minimum Gasteiger partial charge on any atom is -0.366 e. The average molecular weight is 477 g/mol. The number of aromatic nitrogens is 2. The van der Waals surface area contributed by atoms with Gasteiger partial charge in [-0.2, -0.15) is 13.2 Å². The number of pyridine rings is 1. The molecule has 6 nitrogen and oxygen atoms in total. The van der Waals surface area contributed by atoms with Crippen LogP contribution < -0.4 is 5.73 Å². The van der Waals surface area contributed by atoms with E-state index >= 15 is 0 Å². The van der Waals surface area contributed by atoms with Gasteiger partial charge in [0.05, 0.1) is 16.2 Å². The van der Waals surface area contributed by atoms with Crippen LogP contribution in [0.3, 0.4) is 0 Å². The van der Waals surface area contributed by atoms with Gasteiger partial charge in [0.1, 0.15) is 10.8 Å². The van der Waals surface area contributed by atoms with Crippen molar-refractivity contribution in [2.45, 2.75) is 16.8 Å². The van der Waals surface area contributed by atoms with E-state index in [1.54, 1.807) is 11.4 Å². The Labute approximate surface area is 184 Å². The SMILES string of the molecule is NC(=O)c1cc(C(F)(F)F)ccc1-c1nccc2cc(S(=O)(=O)Cc3nccs3)ccc12. The zero-order valence-electron chi connectivity index (χ0n) is 16.1. The Balaban J connectivity index is 1.83. The molecule has 2 N–H and O–H groups in total. The minimum atomic E-state index is -4.64. The highest BCUT2D eigenvalue weighted by molar-refractivity contribution is 7.90. The van der Waals surface area contributed by atoms with Crippen LogP contribution in [-0.2, 0) is 21.8 Å². The summed E-state index contributed by atoms with van der Waals surface area (Å²) in [7, 11) is -3.67. The predicted octanol–water partition coefficient (Wildman–Crippen LogP) is 4.45. The molecule has 1 amide bonds. The number of alkyl halides is 3. The molecule has 2 aromatic heterocycles. The summed E-state index contributed by atoms with van der Waals surface area (Å²) in [5.74, 6) is -1.29. The maximum Gasteiger partial charge on any atom is 0.416 e. The summed E-state index contributed by atoms with van der Waals surface area (Å²) < 4.78 is 64.8. The van der Waals surface area contributed by atoms with Crippen LogP contribution in [0.5, 0.6) is 0 Å². The lowest BCUT2D eigenvalue weighted by molar-refractivity contribution is -0.137. The number of hydrogen-bond donors (Lipinski definition) is 1. The van der Waals surface area contributed by atoms with Crippen LogP contribution in [0.2, 0.25) is 0 Å². The molecule has 0 saturated carbocycles. The Kier molecular flexibility index (Phi) is 5.47. The third-order valence-corrected chi connectivity index (χ3v) is 7.35. The van der Waals surface area contributed by atoms with Crippen molar-refractivity contribution in [3.8, 4) is 11.3 Å². The van der Waals surface area contributed by atoms with Crippen molar-refractivity contribution in [1.82, 2.24) is 9.97 Å². The van der Waals surface area contributed by atoms with Gasteiger partial charge in [0, 0.05) is 34.3 Å². The number of rotatable bonds is 5. The molecular weight excluding hydrogens is 463 g/mol. The topological polar surface area (TPSA) is 103 Å². The van der Waals surface area contributed by atoms with Crippen molar-refractivity contribution < 1.29 is 26.4 Å². The number of halogens is 3. The molecule has 4 aromatic rings. The smallest absolute Gasteiger partial charge is 0.366 e.